The maximum absolute atomic E-state index is 10.9. The van der Waals surface area contributed by atoms with Crippen LogP contribution in [-0.4, -0.2) is 11.1 Å². The number of benzene rings is 1. The summed E-state index contributed by atoms with van der Waals surface area (Å²) < 4.78 is 0. The van der Waals surface area contributed by atoms with Crippen molar-refractivity contribution in [3.8, 4) is 0 Å². The molecule has 1 aliphatic rings. The molecule has 0 unspecified atom stereocenters. The first-order chi connectivity index (χ1) is 5.76. The second kappa shape index (κ2) is 2.34. The minimum atomic E-state index is -0.700. The number of rotatable bonds is 2. The summed E-state index contributed by atoms with van der Waals surface area (Å²) >= 11 is 0. The zero-order valence-electron chi connectivity index (χ0n) is 6.58. The molecule has 2 rings (SSSR count). The van der Waals surface area contributed by atoms with Crippen LogP contribution in [0.5, 0.6) is 0 Å². The van der Waals surface area contributed by atoms with Crippen molar-refractivity contribution >= 4 is 5.97 Å². The third-order valence-corrected chi connectivity index (χ3v) is 2.43. The zero-order chi connectivity index (χ0) is 8.60. The van der Waals surface area contributed by atoms with Gasteiger partial charge in [0.05, 0.1) is 5.41 Å². The van der Waals surface area contributed by atoms with Gasteiger partial charge in [0.25, 0.3) is 0 Å². The van der Waals surface area contributed by atoms with Gasteiger partial charge in [0.1, 0.15) is 0 Å². The summed E-state index contributed by atoms with van der Waals surface area (Å²) in [6, 6.07) is 10.1. The molecule has 0 amide bonds. The molecule has 0 aromatic heterocycles. The summed E-state index contributed by atoms with van der Waals surface area (Å²) in [6.07, 6.45) is 1.54. The molecule has 0 atom stereocenters. The Balaban J connectivity index is 2.37. The molecule has 2 heteroatoms. The van der Waals surface area contributed by atoms with Gasteiger partial charge in [0, 0.05) is 0 Å². The normalized spacial score (nSPS) is 18.7. The van der Waals surface area contributed by atoms with Gasteiger partial charge in [-0.1, -0.05) is 24.3 Å². The molecule has 0 saturated heterocycles. The van der Waals surface area contributed by atoms with Crippen molar-refractivity contribution in [2.24, 2.45) is 0 Å². The molecule has 61 valence electrons. The van der Waals surface area contributed by atoms with Crippen LogP contribution < -0.4 is 0 Å². The van der Waals surface area contributed by atoms with E-state index in [-0.39, 0.29) is 0 Å². The molecule has 0 heterocycles. The number of carbonyl (C=O) groups is 1. The fraction of sp³-hybridized carbons (Fsp3) is 0.300. The molecule has 1 aliphatic carbocycles. The highest BCUT2D eigenvalue weighted by Crippen LogP contribution is 2.48. The highest BCUT2D eigenvalue weighted by molar-refractivity contribution is 5.84. The lowest BCUT2D eigenvalue weighted by atomic mass is 9.97. The van der Waals surface area contributed by atoms with Gasteiger partial charge in [-0.05, 0) is 24.5 Å². The third kappa shape index (κ3) is 0.916. The summed E-state index contributed by atoms with van der Waals surface area (Å²) in [6.45, 7) is 0. The second-order valence-electron chi connectivity index (χ2n) is 3.18. The van der Waals surface area contributed by atoms with Gasteiger partial charge >= 0.3 is 5.97 Å². The molecule has 12 heavy (non-hydrogen) atoms. The number of hydrogen-bond acceptors (Lipinski definition) is 1. The lowest BCUT2D eigenvalue weighted by Crippen LogP contribution is -2.19. The van der Waals surface area contributed by atoms with Crippen molar-refractivity contribution in [3.63, 3.8) is 0 Å². The summed E-state index contributed by atoms with van der Waals surface area (Å²) in [5, 5.41) is 8.95. The van der Waals surface area contributed by atoms with Crippen molar-refractivity contribution in [2.45, 2.75) is 18.3 Å². The van der Waals surface area contributed by atoms with Gasteiger partial charge < -0.3 is 5.11 Å². The average Bonchev–Trinajstić information content (AvgIpc) is 2.86. The molecule has 1 aromatic carbocycles. The van der Waals surface area contributed by atoms with Gasteiger partial charge in [0.15, 0.2) is 0 Å². The monoisotopic (exact) mass is 161 g/mol. The van der Waals surface area contributed by atoms with E-state index in [1.807, 2.05) is 12.1 Å². The highest BCUT2D eigenvalue weighted by atomic mass is 16.4. The molecule has 1 aromatic rings. The van der Waals surface area contributed by atoms with Crippen LogP contribution in [0, 0.1) is 6.07 Å². The topological polar surface area (TPSA) is 37.3 Å². The van der Waals surface area contributed by atoms with Crippen molar-refractivity contribution in [2.75, 3.05) is 0 Å². The van der Waals surface area contributed by atoms with E-state index in [4.69, 9.17) is 5.11 Å². The van der Waals surface area contributed by atoms with Crippen LogP contribution in [0.25, 0.3) is 0 Å². The molecular formula is C10H9O2. The van der Waals surface area contributed by atoms with E-state index in [1.54, 1.807) is 12.1 Å². The minimum absolute atomic E-state index is 0.560. The first-order valence-electron chi connectivity index (χ1n) is 3.96. The maximum atomic E-state index is 10.9. The minimum Gasteiger partial charge on any atom is -0.481 e. The molecule has 0 aliphatic heterocycles. The summed E-state index contributed by atoms with van der Waals surface area (Å²) in [5.41, 5.74) is 0.350. The average molecular weight is 161 g/mol. The molecule has 1 N–H and O–H groups in total. The van der Waals surface area contributed by atoms with Crippen molar-refractivity contribution < 1.29 is 9.90 Å². The fourth-order valence-corrected chi connectivity index (χ4v) is 1.46. The van der Waals surface area contributed by atoms with E-state index in [1.165, 1.54) is 0 Å². The SMILES string of the molecule is O=C(O)C1(c2cc[c]cc2)CC1. The Morgan fingerprint density at radius 2 is 2.00 bits per heavy atom. The van der Waals surface area contributed by atoms with Crippen LogP contribution in [0.3, 0.4) is 0 Å². The smallest absolute Gasteiger partial charge is 0.314 e. The van der Waals surface area contributed by atoms with Gasteiger partial charge in [0.2, 0.25) is 0 Å². The van der Waals surface area contributed by atoms with Gasteiger partial charge in [-0.15, -0.1) is 0 Å². The van der Waals surface area contributed by atoms with E-state index >= 15 is 0 Å². The van der Waals surface area contributed by atoms with Gasteiger partial charge in [-0.25, -0.2) is 0 Å². The Morgan fingerprint density at radius 3 is 2.42 bits per heavy atom. The van der Waals surface area contributed by atoms with Crippen LogP contribution in [0.4, 0.5) is 0 Å². The molecule has 1 radical (unpaired) electrons. The highest BCUT2D eigenvalue weighted by Gasteiger charge is 2.51. The van der Waals surface area contributed by atoms with Gasteiger partial charge in [-0.3, -0.25) is 4.79 Å². The lowest BCUT2D eigenvalue weighted by Gasteiger charge is -2.08. The Kier molecular flexibility index (Phi) is 1.43. The number of carboxylic acids is 1. The summed E-state index contributed by atoms with van der Waals surface area (Å²) in [4.78, 5) is 10.9. The van der Waals surface area contributed by atoms with Crippen LogP contribution in [0.2, 0.25) is 0 Å². The Morgan fingerprint density at radius 1 is 1.42 bits per heavy atom. The quantitative estimate of drug-likeness (QED) is 0.715. The maximum Gasteiger partial charge on any atom is 0.314 e. The predicted octanol–water partition coefficient (Wildman–Crippen LogP) is 1.60. The second-order valence-corrected chi connectivity index (χ2v) is 3.18. The van der Waals surface area contributed by atoms with Crippen molar-refractivity contribution in [1.29, 1.82) is 0 Å². The molecular weight excluding hydrogens is 152 g/mol. The number of hydrogen-bond donors (Lipinski definition) is 1. The van der Waals surface area contributed by atoms with Gasteiger partial charge in [-0.2, -0.15) is 0 Å². The summed E-state index contributed by atoms with van der Waals surface area (Å²) in [7, 11) is 0. The molecule has 0 bridgehead atoms. The van der Waals surface area contributed by atoms with E-state index in [0.29, 0.717) is 0 Å². The standard InChI is InChI=1S/C10H9O2/c11-9(12)10(6-7-10)8-4-2-1-3-5-8/h2-5H,6-7H2,(H,11,12). The Bertz CT molecular complexity index is 299. The third-order valence-electron chi connectivity index (χ3n) is 2.43. The molecule has 1 fully saturated rings. The van der Waals surface area contributed by atoms with Crippen LogP contribution in [-0.2, 0) is 10.2 Å². The van der Waals surface area contributed by atoms with Crippen LogP contribution in [0.15, 0.2) is 24.3 Å². The van der Waals surface area contributed by atoms with Crippen LogP contribution in [0.1, 0.15) is 18.4 Å². The van der Waals surface area contributed by atoms with E-state index in [9.17, 15) is 4.79 Å². The molecule has 0 spiro atoms. The Labute approximate surface area is 70.8 Å². The first-order valence-corrected chi connectivity index (χ1v) is 3.96. The lowest BCUT2D eigenvalue weighted by molar-refractivity contribution is -0.140. The molecule has 1 saturated carbocycles. The van der Waals surface area contributed by atoms with Crippen LogP contribution >= 0.6 is 0 Å². The largest absolute Gasteiger partial charge is 0.481 e. The van der Waals surface area contributed by atoms with E-state index < -0.39 is 11.4 Å². The van der Waals surface area contributed by atoms with E-state index in [0.717, 1.165) is 18.4 Å². The zero-order valence-corrected chi connectivity index (χ0v) is 6.58. The Hall–Kier alpha value is -1.31. The van der Waals surface area contributed by atoms with E-state index in [2.05, 4.69) is 6.07 Å². The van der Waals surface area contributed by atoms with Crippen molar-refractivity contribution in [1.82, 2.24) is 0 Å². The number of carboxylic acid groups (broad SMARTS) is 1. The number of aliphatic carboxylic acids is 1. The predicted molar refractivity (Wildman–Crippen MR) is 43.8 cm³/mol. The first kappa shape index (κ1) is 7.35. The van der Waals surface area contributed by atoms with Crippen molar-refractivity contribution in [3.05, 3.63) is 35.9 Å². The summed E-state index contributed by atoms with van der Waals surface area (Å²) in [5.74, 6) is -0.700. The fourth-order valence-electron chi connectivity index (χ4n) is 1.46. The molecule has 2 nitrogen and oxygen atoms in total.